The number of likely N-dealkylation sites (N-methyl/N-ethyl adjacent to an activating group) is 1. The number of aromatic nitrogens is 2. The van der Waals surface area contributed by atoms with Crippen molar-refractivity contribution < 1.29 is 9.21 Å². The molecule has 6 nitrogen and oxygen atoms in total. The van der Waals surface area contributed by atoms with Gasteiger partial charge in [0.2, 0.25) is 5.91 Å². The third-order valence-corrected chi connectivity index (χ3v) is 4.23. The van der Waals surface area contributed by atoms with Gasteiger partial charge in [0.05, 0.1) is 19.4 Å². The molecule has 0 aromatic carbocycles. The van der Waals surface area contributed by atoms with Gasteiger partial charge in [-0.25, -0.2) is 0 Å². The molecule has 0 radical (unpaired) electrons. The maximum absolute atomic E-state index is 12.4. The number of carbonyl (C=O) groups excluding carboxylic acids is 1. The van der Waals surface area contributed by atoms with Crippen molar-refractivity contribution in [2.45, 2.75) is 25.3 Å². The molecule has 3 heterocycles. The van der Waals surface area contributed by atoms with E-state index in [0.29, 0.717) is 19.0 Å². The molecule has 6 heteroatoms. The minimum absolute atomic E-state index is 0.127. The summed E-state index contributed by atoms with van der Waals surface area (Å²) in [6, 6.07) is 5.76. The van der Waals surface area contributed by atoms with Crippen molar-refractivity contribution in [3.63, 3.8) is 0 Å². The molecule has 0 aliphatic carbocycles. The topological polar surface area (TPSA) is 65.4 Å². The van der Waals surface area contributed by atoms with E-state index in [1.54, 1.807) is 17.4 Å². The minimum atomic E-state index is 0.127. The standard InChI is InChI=1S/C16H22N4O2/c1-19(11-14-5-3-9-22-14)16(21)12-20-8-2-4-13(10-20)15-6-7-17-18-15/h3,5-7,9,13H,2,4,8,10-12H2,1H3,(H,17,18). The first kappa shape index (κ1) is 14.8. The van der Waals surface area contributed by atoms with E-state index in [9.17, 15) is 4.79 Å². The highest BCUT2D eigenvalue weighted by molar-refractivity contribution is 5.77. The zero-order valence-corrected chi connectivity index (χ0v) is 12.9. The van der Waals surface area contributed by atoms with Crippen LogP contribution >= 0.6 is 0 Å². The summed E-state index contributed by atoms with van der Waals surface area (Å²) < 4.78 is 5.29. The Bertz CT molecular complexity index is 579. The van der Waals surface area contributed by atoms with E-state index in [2.05, 4.69) is 15.1 Å². The molecule has 1 amide bonds. The Morgan fingerprint density at radius 3 is 3.18 bits per heavy atom. The number of piperidine rings is 1. The first-order chi connectivity index (χ1) is 10.7. The molecule has 0 bridgehead atoms. The molecule has 1 unspecified atom stereocenters. The van der Waals surface area contributed by atoms with Gasteiger partial charge in [0.15, 0.2) is 0 Å². The van der Waals surface area contributed by atoms with Crippen LogP contribution in [0, 0.1) is 0 Å². The Morgan fingerprint density at radius 1 is 1.55 bits per heavy atom. The Balaban J connectivity index is 1.52. The highest BCUT2D eigenvalue weighted by atomic mass is 16.3. The van der Waals surface area contributed by atoms with Crippen LogP contribution in [0.1, 0.15) is 30.2 Å². The maximum atomic E-state index is 12.4. The van der Waals surface area contributed by atoms with Crippen LogP contribution < -0.4 is 0 Å². The summed E-state index contributed by atoms with van der Waals surface area (Å²) in [4.78, 5) is 16.3. The Morgan fingerprint density at radius 2 is 2.45 bits per heavy atom. The number of carbonyl (C=O) groups is 1. The normalized spacial score (nSPS) is 19.2. The Hall–Kier alpha value is -2.08. The number of hydrogen-bond donors (Lipinski definition) is 1. The lowest BCUT2D eigenvalue weighted by Crippen LogP contribution is -2.42. The summed E-state index contributed by atoms with van der Waals surface area (Å²) in [5, 5.41) is 7.07. The van der Waals surface area contributed by atoms with Gasteiger partial charge in [0, 0.05) is 31.4 Å². The molecule has 2 aromatic rings. The average Bonchev–Trinajstić information content (AvgIpc) is 3.21. The second-order valence-electron chi connectivity index (χ2n) is 5.92. The third kappa shape index (κ3) is 3.57. The van der Waals surface area contributed by atoms with Gasteiger partial charge in [-0.3, -0.25) is 14.8 Å². The molecule has 1 fully saturated rings. The lowest BCUT2D eigenvalue weighted by molar-refractivity contribution is -0.132. The maximum Gasteiger partial charge on any atom is 0.236 e. The molecule has 0 saturated carbocycles. The van der Waals surface area contributed by atoms with Crippen LogP contribution in [0.4, 0.5) is 0 Å². The Kier molecular flexibility index (Phi) is 4.58. The van der Waals surface area contributed by atoms with Crippen LogP contribution in [0.2, 0.25) is 0 Å². The summed E-state index contributed by atoms with van der Waals surface area (Å²) >= 11 is 0. The van der Waals surface area contributed by atoms with Crippen molar-refractivity contribution >= 4 is 5.91 Å². The second-order valence-corrected chi connectivity index (χ2v) is 5.92. The first-order valence-electron chi connectivity index (χ1n) is 7.70. The monoisotopic (exact) mass is 302 g/mol. The predicted molar refractivity (Wildman–Crippen MR) is 82.2 cm³/mol. The van der Waals surface area contributed by atoms with Gasteiger partial charge in [-0.05, 0) is 37.6 Å². The van der Waals surface area contributed by atoms with Gasteiger partial charge in [-0.1, -0.05) is 0 Å². The van der Waals surface area contributed by atoms with Gasteiger partial charge < -0.3 is 9.32 Å². The van der Waals surface area contributed by atoms with Crippen LogP contribution in [0.5, 0.6) is 0 Å². The van der Waals surface area contributed by atoms with Crippen molar-refractivity contribution in [3.05, 3.63) is 42.1 Å². The third-order valence-electron chi connectivity index (χ3n) is 4.23. The van der Waals surface area contributed by atoms with E-state index in [4.69, 9.17) is 4.42 Å². The van der Waals surface area contributed by atoms with Crippen LogP contribution in [-0.4, -0.2) is 52.6 Å². The lowest BCUT2D eigenvalue weighted by Gasteiger charge is -2.32. The van der Waals surface area contributed by atoms with E-state index < -0.39 is 0 Å². The van der Waals surface area contributed by atoms with Crippen LogP contribution in [0.15, 0.2) is 35.1 Å². The fourth-order valence-corrected chi connectivity index (χ4v) is 2.98. The molecule has 1 saturated heterocycles. The summed E-state index contributed by atoms with van der Waals surface area (Å²) in [7, 11) is 1.82. The first-order valence-corrected chi connectivity index (χ1v) is 7.70. The highest BCUT2D eigenvalue weighted by Crippen LogP contribution is 2.25. The fourth-order valence-electron chi connectivity index (χ4n) is 2.98. The number of hydrogen-bond acceptors (Lipinski definition) is 4. The highest BCUT2D eigenvalue weighted by Gasteiger charge is 2.24. The minimum Gasteiger partial charge on any atom is -0.467 e. The van der Waals surface area contributed by atoms with Gasteiger partial charge in [0.25, 0.3) is 0 Å². The van der Waals surface area contributed by atoms with Gasteiger partial charge in [0.1, 0.15) is 5.76 Å². The average molecular weight is 302 g/mol. The molecule has 1 aliphatic rings. The van der Waals surface area contributed by atoms with E-state index in [1.807, 2.05) is 25.2 Å². The van der Waals surface area contributed by atoms with E-state index in [0.717, 1.165) is 31.7 Å². The summed E-state index contributed by atoms with van der Waals surface area (Å²) in [6.07, 6.45) is 5.68. The molecule has 1 N–H and O–H groups in total. The molecule has 1 aliphatic heterocycles. The predicted octanol–water partition coefficient (Wildman–Crippen LogP) is 1.84. The van der Waals surface area contributed by atoms with Crippen molar-refractivity contribution in [3.8, 4) is 0 Å². The number of nitrogens with one attached hydrogen (secondary N) is 1. The molecule has 22 heavy (non-hydrogen) atoms. The van der Waals surface area contributed by atoms with Crippen molar-refractivity contribution in [1.82, 2.24) is 20.0 Å². The van der Waals surface area contributed by atoms with Gasteiger partial charge in [-0.15, -0.1) is 0 Å². The largest absolute Gasteiger partial charge is 0.467 e. The van der Waals surface area contributed by atoms with Crippen LogP contribution in [-0.2, 0) is 11.3 Å². The molecular weight excluding hydrogens is 280 g/mol. The van der Waals surface area contributed by atoms with Gasteiger partial charge in [-0.2, -0.15) is 5.10 Å². The number of H-pyrrole nitrogens is 1. The van der Waals surface area contributed by atoms with Crippen molar-refractivity contribution in [2.24, 2.45) is 0 Å². The van der Waals surface area contributed by atoms with E-state index in [-0.39, 0.29) is 5.91 Å². The van der Waals surface area contributed by atoms with E-state index >= 15 is 0 Å². The number of likely N-dealkylation sites (tertiary alicyclic amines) is 1. The van der Waals surface area contributed by atoms with Crippen molar-refractivity contribution in [1.29, 1.82) is 0 Å². The number of nitrogens with zero attached hydrogens (tertiary/aromatic N) is 3. The molecule has 118 valence electrons. The quantitative estimate of drug-likeness (QED) is 0.915. The Labute approximate surface area is 130 Å². The zero-order valence-electron chi connectivity index (χ0n) is 12.9. The SMILES string of the molecule is CN(Cc1ccco1)C(=O)CN1CCCC(c2ccn[nH]2)C1. The number of furan rings is 1. The van der Waals surface area contributed by atoms with Gasteiger partial charge >= 0.3 is 0 Å². The van der Waals surface area contributed by atoms with Crippen molar-refractivity contribution in [2.75, 3.05) is 26.7 Å². The molecule has 3 rings (SSSR count). The fraction of sp³-hybridized carbons (Fsp3) is 0.500. The number of rotatable bonds is 5. The smallest absolute Gasteiger partial charge is 0.236 e. The molecule has 0 spiro atoms. The molecular formula is C16H22N4O2. The zero-order chi connectivity index (χ0) is 15.4. The van der Waals surface area contributed by atoms with E-state index in [1.165, 1.54) is 5.69 Å². The number of amides is 1. The summed E-state index contributed by atoms with van der Waals surface area (Å²) in [5.74, 6) is 1.38. The molecule has 2 aromatic heterocycles. The lowest BCUT2D eigenvalue weighted by atomic mass is 9.95. The van der Waals surface area contributed by atoms with Crippen LogP contribution in [0.25, 0.3) is 0 Å². The van der Waals surface area contributed by atoms with Crippen LogP contribution in [0.3, 0.4) is 0 Å². The second kappa shape index (κ2) is 6.79. The number of aromatic amines is 1. The summed E-state index contributed by atoms with van der Waals surface area (Å²) in [6.45, 7) is 2.86. The summed E-state index contributed by atoms with van der Waals surface area (Å²) in [5.41, 5.74) is 1.17. The molecule has 1 atom stereocenters.